The van der Waals surface area contributed by atoms with E-state index in [9.17, 15) is 13.6 Å². The number of halogens is 2. The summed E-state index contributed by atoms with van der Waals surface area (Å²) in [6.45, 7) is 0.417. The van der Waals surface area contributed by atoms with Crippen molar-refractivity contribution in [3.63, 3.8) is 0 Å². The van der Waals surface area contributed by atoms with Gasteiger partial charge in [-0.05, 0) is 47.9 Å². The second kappa shape index (κ2) is 5.01. The fourth-order valence-corrected chi connectivity index (χ4v) is 4.47. The Morgan fingerprint density at radius 1 is 1.33 bits per heavy atom. The van der Waals surface area contributed by atoms with Crippen molar-refractivity contribution in [1.29, 1.82) is 0 Å². The van der Waals surface area contributed by atoms with Crippen molar-refractivity contribution >= 4 is 12.1 Å². The van der Waals surface area contributed by atoms with E-state index in [1.54, 1.807) is 6.21 Å². The van der Waals surface area contributed by atoms with Crippen LogP contribution in [0.2, 0.25) is 0 Å². The van der Waals surface area contributed by atoms with Crippen LogP contribution >= 0.6 is 0 Å². The van der Waals surface area contributed by atoms with E-state index >= 15 is 0 Å². The summed E-state index contributed by atoms with van der Waals surface area (Å²) in [6.07, 6.45) is 4.11. The Bertz CT molecular complexity index is 762. The summed E-state index contributed by atoms with van der Waals surface area (Å²) in [6, 6.07) is 2.83. The molecule has 0 aromatic heterocycles. The van der Waals surface area contributed by atoms with Gasteiger partial charge in [-0.15, -0.1) is 0 Å². The van der Waals surface area contributed by atoms with E-state index in [1.165, 1.54) is 17.1 Å². The van der Waals surface area contributed by atoms with Crippen molar-refractivity contribution in [2.45, 2.75) is 31.7 Å². The van der Waals surface area contributed by atoms with E-state index in [1.807, 2.05) is 0 Å². The first kappa shape index (κ1) is 15.1. The molecular formula is C16H15F2N5O. The lowest BCUT2D eigenvalue weighted by molar-refractivity contribution is -0.213. The van der Waals surface area contributed by atoms with Gasteiger partial charge in [-0.3, -0.25) is 4.79 Å². The van der Waals surface area contributed by atoms with Crippen LogP contribution in [0.4, 0.5) is 8.78 Å². The lowest BCUT2D eigenvalue weighted by Gasteiger charge is -2.69. The Kier molecular flexibility index (Phi) is 3.15. The summed E-state index contributed by atoms with van der Waals surface area (Å²) in [5.74, 6) is -1.43. The second-order valence-corrected chi connectivity index (χ2v) is 7.10. The number of rotatable bonds is 4. The van der Waals surface area contributed by atoms with Crippen LogP contribution in [-0.4, -0.2) is 23.7 Å². The van der Waals surface area contributed by atoms with Crippen LogP contribution in [0.1, 0.15) is 37.3 Å². The summed E-state index contributed by atoms with van der Waals surface area (Å²) in [5, 5.41) is 9.12. The Balaban J connectivity index is 1.51. The number of carbonyl (C=O) groups excluding carboxylic acids is 1. The van der Waals surface area contributed by atoms with Crippen molar-refractivity contribution in [3.05, 3.63) is 45.8 Å². The maximum absolute atomic E-state index is 13.5. The highest BCUT2D eigenvalue weighted by molar-refractivity contribution is 5.88. The van der Waals surface area contributed by atoms with Gasteiger partial charge in [0.15, 0.2) is 0 Å². The monoisotopic (exact) mass is 331 g/mol. The minimum atomic E-state index is -0.664. The molecule has 6 nitrogen and oxygen atoms in total. The normalized spacial score (nSPS) is 32.8. The predicted octanol–water partition coefficient (Wildman–Crippen LogP) is 3.70. The Morgan fingerprint density at radius 2 is 2.00 bits per heavy atom. The number of amides is 1. The highest BCUT2D eigenvalue weighted by Gasteiger charge is 2.72. The van der Waals surface area contributed by atoms with E-state index in [2.05, 4.69) is 15.1 Å². The van der Waals surface area contributed by atoms with Gasteiger partial charge in [0.1, 0.15) is 11.6 Å². The Labute approximate surface area is 136 Å². The zero-order chi connectivity index (χ0) is 16.9. The second-order valence-electron chi connectivity index (χ2n) is 7.10. The molecule has 1 aliphatic heterocycles. The molecule has 24 heavy (non-hydrogen) atoms. The minimum Gasteiger partial charge on any atom is -0.272 e. The largest absolute Gasteiger partial charge is 0.272 e. The first-order valence-electron chi connectivity index (χ1n) is 7.80. The Hall–Kier alpha value is -2.47. The highest BCUT2D eigenvalue weighted by Crippen LogP contribution is 2.74. The molecule has 4 aliphatic rings. The molecule has 1 aromatic carbocycles. The first-order chi connectivity index (χ1) is 11.5. The summed E-state index contributed by atoms with van der Waals surface area (Å²) in [5.41, 5.74) is 8.35. The number of hydrogen-bond donors (Lipinski definition) is 0. The van der Waals surface area contributed by atoms with E-state index in [0.717, 1.165) is 6.07 Å². The molecular weight excluding hydrogens is 316 g/mol. The quantitative estimate of drug-likeness (QED) is 0.470. The van der Waals surface area contributed by atoms with E-state index in [-0.39, 0.29) is 11.3 Å². The Morgan fingerprint density at radius 3 is 2.62 bits per heavy atom. The third-order valence-corrected chi connectivity index (χ3v) is 5.37. The van der Waals surface area contributed by atoms with Crippen LogP contribution in [0.5, 0.6) is 0 Å². The average Bonchev–Trinajstić information content (AvgIpc) is 2.92. The number of benzene rings is 1. The van der Waals surface area contributed by atoms with Gasteiger partial charge in [0, 0.05) is 30.2 Å². The number of hydrazone groups is 1. The highest BCUT2D eigenvalue weighted by atomic mass is 19.1. The summed E-state index contributed by atoms with van der Waals surface area (Å²) < 4.78 is 26.9. The summed E-state index contributed by atoms with van der Waals surface area (Å²) in [7, 11) is 0. The maximum atomic E-state index is 13.5. The third-order valence-electron chi connectivity index (χ3n) is 5.37. The smallest absolute Gasteiger partial charge is 0.249 e. The third kappa shape index (κ3) is 2.10. The molecule has 1 atom stereocenters. The average molecular weight is 331 g/mol. The van der Waals surface area contributed by atoms with Crippen molar-refractivity contribution in [2.75, 3.05) is 6.54 Å². The summed E-state index contributed by atoms with van der Waals surface area (Å²) in [4.78, 5) is 15.7. The van der Waals surface area contributed by atoms with Crippen LogP contribution in [0.25, 0.3) is 10.4 Å². The lowest BCUT2D eigenvalue weighted by atomic mass is 9.35. The van der Waals surface area contributed by atoms with Crippen molar-refractivity contribution in [1.82, 2.24) is 5.01 Å². The van der Waals surface area contributed by atoms with Gasteiger partial charge in [0.2, 0.25) is 5.91 Å². The van der Waals surface area contributed by atoms with Gasteiger partial charge in [-0.1, -0.05) is 5.11 Å². The van der Waals surface area contributed by atoms with Crippen LogP contribution in [-0.2, 0) is 4.79 Å². The van der Waals surface area contributed by atoms with Gasteiger partial charge in [-0.2, -0.15) is 5.10 Å². The molecule has 8 heteroatoms. The molecule has 1 heterocycles. The zero-order valence-electron chi connectivity index (χ0n) is 12.8. The first-order valence-corrected chi connectivity index (χ1v) is 7.80. The van der Waals surface area contributed by atoms with E-state index in [0.29, 0.717) is 37.8 Å². The molecule has 3 aliphatic carbocycles. The number of azide groups is 1. The standard InChI is InChI=1S/C16H15F2N5O/c17-11-3-10(4-12(18)5-11)13-1-2-21-23(13)14(24)16-6-15(7-16,8-16)9-20-22-19/h2-5,13H,1,6-9H2. The van der Waals surface area contributed by atoms with Crippen LogP contribution in [0.15, 0.2) is 28.4 Å². The lowest BCUT2D eigenvalue weighted by Crippen LogP contribution is -2.68. The molecule has 2 bridgehead atoms. The molecule has 124 valence electrons. The zero-order valence-corrected chi connectivity index (χ0v) is 12.8. The van der Waals surface area contributed by atoms with Crippen molar-refractivity contribution in [2.24, 2.45) is 21.0 Å². The SMILES string of the molecule is [N-]=[N+]=NCC12CC(C(=O)N3N=CCC3c3cc(F)cc(F)c3)(C1)C2. The maximum Gasteiger partial charge on any atom is 0.249 e. The fourth-order valence-electron chi connectivity index (χ4n) is 4.47. The van der Waals surface area contributed by atoms with Crippen molar-refractivity contribution in [3.8, 4) is 0 Å². The van der Waals surface area contributed by atoms with E-state index in [4.69, 9.17) is 5.53 Å². The molecule has 0 radical (unpaired) electrons. The van der Waals surface area contributed by atoms with Gasteiger partial charge in [-0.25, -0.2) is 13.8 Å². The molecule has 0 spiro atoms. The van der Waals surface area contributed by atoms with E-state index < -0.39 is 23.1 Å². The van der Waals surface area contributed by atoms with Crippen LogP contribution < -0.4 is 0 Å². The molecule has 3 saturated carbocycles. The molecule has 0 N–H and O–H groups in total. The topological polar surface area (TPSA) is 81.4 Å². The molecule has 3 fully saturated rings. The predicted molar refractivity (Wildman–Crippen MR) is 81.8 cm³/mol. The molecule has 1 amide bonds. The summed E-state index contributed by atoms with van der Waals surface area (Å²) >= 11 is 0. The number of nitrogens with zero attached hydrogens (tertiary/aromatic N) is 5. The van der Waals surface area contributed by atoms with Gasteiger partial charge in [0.25, 0.3) is 0 Å². The van der Waals surface area contributed by atoms with Gasteiger partial charge in [0.05, 0.1) is 11.5 Å². The van der Waals surface area contributed by atoms with Gasteiger partial charge >= 0.3 is 0 Å². The number of carbonyl (C=O) groups is 1. The van der Waals surface area contributed by atoms with Crippen LogP contribution in [0.3, 0.4) is 0 Å². The molecule has 5 rings (SSSR count). The number of hydrogen-bond acceptors (Lipinski definition) is 3. The minimum absolute atomic E-state index is 0.0359. The fraction of sp³-hybridized carbons (Fsp3) is 0.500. The van der Waals surface area contributed by atoms with Crippen molar-refractivity contribution < 1.29 is 13.6 Å². The van der Waals surface area contributed by atoms with Gasteiger partial charge < -0.3 is 0 Å². The molecule has 1 unspecified atom stereocenters. The van der Waals surface area contributed by atoms with Crippen LogP contribution in [0, 0.1) is 22.5 Å². The molecule has 1 aromatic rings. The molecule has 0 saturated heterocycles.